The number of aromatic nitrogens is 2. The summed E-state index contributed by atoms with van der Waals surface area (Å²) in [5, 5.41) is 2.97. The van der Waals surface area contributed by atoms with Crippen LogP contribution in [0.2, 0.25) is 0 Å². The maximum atomic E-state index is 15.0. The molecular formula is C31H32F4N6O4S. The van der Waals surface area contributed by atoms with E-state index in [1.165, 1.54) is 24.3 Å². The second-order valence-electron chi connectivity index (χ2n) is 11.0. The van der Waals surface area contributed by atoms with Gasteiger partial charge in [0.2, 0.25) is 15.8 Å². The molecule has 10 nitrogen and oxygen atoms in total. The third kappa shape index (κ3) is 7.09. The molecule has 0 saturated carbocycles. The van der Waals surface area contributed by atoms with E-state index in [0.717, 1.165) is 18.0 Å². The predicted molar refractivity (Wildman–Crippen MR) is 167 cm³/mol. The van der Waals surface area contributed by atoms with E-state index >= 15 is 0 Å². The van der Waals surface area contributed by atoms with Crippen molar-refractivity contribution in [3.8, 4) is 5.75 Å². The number of amides is 1. The summed E-state index contributed by atoms with van der Waals surface area (Å²) in [5.41, 5.74) is 1.65. The lowest BCUT2D eigenvalue weighted by atomic mass is 10.0. The third-order valence-electron chi connectivity index (χ3n) is 7.65. The van der Waals surface area contributed by atoms with Gasteiger partial charge in [-0.05, 0) is 61.9 Å². The lowest BCUT2D eigenvalue weighted by molar-refractivity contribution is -0.144. The smallest absolute Gasteiger partial charge is 0.451 e. The highest BCUT2D eigenvalue weighted by atomic mass is 32.2. The first-order valence-corrected chi connectivity index (χ1v) is 16.1. The van der Waals surface area contributed by atoms with Crippen molar-refractivity contribution < 1.29 is 35.5 Å². The maximum Gasteiger partial charge on any atom is 0.451 e. The summed E-state index contributed by atoms with van der Waals surface area (Å²) in [6.45, 7) is 4.81. The summed E-state index contributed by atoms with van der Waals surface area (Å²) >= 11 is 0. The molecule has 1 fully saturated rings. The summed E-state index contributed by atoms with van der Waals surface area (Å²) in [5.74, 6) is -1.88. The molecule has 1 aromatic heterocycles. The van der Waals surface area contributed by atoms with Crippen molar-refractivity contribution in [2.75, 3.05) is 54.1 Å². The highest BCUT2D eigenvalue weighted by Gasteiger charge is 2.36. The molecular weight excluding hydrogens is 628 g/mol. The number of fused-ring (bicyclic) bond motifs is 1. The number of halogens is 4. The summed E-state index contributed by atoms with van der Waals surface area (Å²) in [6, 6.07) is 13.2. The number of benzene rings is 3. The molecule has 15 heteroatoms. The van der Waals surface area contributed by atoms with Gasteiger partial charge >= 0.3 is 6.18 Å². The summed E-state index contributed by atoms with van der Waals surface area (Å²) in [6.07, 6.45) is -3.84. The fourth-order valence-electron chi connectivity index (χ4n) is 5.37. The van der Waals surface area contributed by atoms with Crippen molar-refractivity contribution in [1.82, 2.24) is 15.3 Å². The van der Waals surface area contributed by atoms with Gasteiger partial charge in [0.25, 0.3) is 5.91 Å². The van der Waals surface area contributed by atoms with Gasteiger partial charge in [0.1, 0.15) is 17.4 Å². The minimum atomic E-state index is -4.79. The van der Waals surface area contributed by atoms with E-state index < -0.39 is 39.8 Å². The molecule has 4 aromatic rings. The van der Waals surface area contributed by atoms with Crippen molar-refractivity contribution in [3.63, 3.8) is 0 Å². The molecule has 2 heterocycles. The minimum absolute atomic E-state index is 0.0183. The van der Waals surface area contributed by atoms with E-state index in [-0.39, 0.29) is 33.5 Å². The summed E-state index contributed by atoms with van der Waals surface area (Å²) in [7, 11) is -2.06. The van der Waals surface area contributed by atoms with Gasteiger partial charge in [-0.1, -0.05) is 12.1 Å². The molecule has 0 radical (unpaired) electrons. The van der Waals surface area contributed by atoms with E-state index in [2.05, 4.69) is 24.9 Å². The zero-order valence-corrected chi connectivity index (χ0v) is 26.3. The van der Waals surface area contributed by atoms with Crippen LogP contribution in [0.25, 0.3) is 10.9 Å². The molecule has 1 aliphatic heterocycles. The molecule has 0 bridgehead atoms. The Bertz CT molecular complexity index is 1900. The topological polar surface area (TPSA) is 117 Å². The molecule has 0 aliphatic carbocycles. The Morgan fingerprint density at radius 2 is 1.67 bits per heavy atom. The SMILES string of the molecule is COc1ccccc1N1CCN(c2nc(C(F)(F)F)nc3ccc(C(=O)N[C@H](C)c4cc(C)c(NS(C)(=O)=O)cc4F)cc23)CC1. The fourth-order valence-corrected chi connectivity index (χ4v) is 5.99. The Labute approximate surface area is 263 Å². The van der Waals surface area contributed by atoms with Crippen molar-refractivity contribution in [2.24, 2.45) is 0 Å². The molecule has 1 saturated heterocycles. The molecule has 1 atom stereocenters. The Morgan fingerprint density at radius 1 is 1.00 bits per heavy atom. The number of hydrogen-bond donors (Lipinski definition) is 2. The van der Waals surface area contributed by atoms with Crippen LogP contribution in [0.4, 0.5) is 34.8 Å². The van der Waals surface area contributed by atoms with Gasteiger partial charge in [-0.25, -0.2) is 22.8 Å². The van der Waals surface area contributed by atoms with Crippen LogP contribution in [0.1, 0.15) is 40.3 Å². The monoisotopic (exact) mass is 660 g/mol. The normalized spacial score (nSPS) is 14.7. The van der Waals surface area contributed by atoms with Gasteiger partial charge in [0.05, 0.1) is 36.3 Å². The van der Waals surface area contributed by atoms with Gasteiger partial charge in [-0.2, -0.15) is 13.2 Å². The van der Waals surface area contributed by atoms with Crippen LogP contribution in [0.3, 0.4) is 0 Å². The van der Waals surface area contributed by atoms with Crippen LogP contribution in [0.5, 0.6) is 5.75 Å². The van der Waals surface area contributed by atoms with E-state index in [0.29, 0.717) is 37.5 Å². The van der Waals surface area contributed by atoms with E-state index in [1.807, 2.05) is 24.3 Å². The molecule has 3 aromatic carbocycles. The van der Waals surface area contributed by atoms with E-state index in [9.17, 15) is 30.8 Å². The Balaban J connectivity index is 1.42. The molecule has 46 heavy (non-hydrogen) atoms. The number of hydrogen-bond acceptors (Lipinski definition) is 8. The highest BCUT2D eigenvalue weighted by Crippen LogP contribution is 2.34. The number of nitrogens with zero attached hydrogens (tertiary/aromatic N) is 4. The molecule has 5 rings (SSSR count). The molecule has 0 unspecified atom stereocenters. The molecule has 0 spiro atoms. The van der Waals surface area contributed by atoms with Crippen molar-refractivity contribution in [3.05, 3.63) is 82.9 Å². The van der Waals surface area contributed by atoms with Crippen LogP contribution < -0.4 is 24.6 Å². The second kappa shape index (κ2) is 12.6. The van der Waals surface area contributed by atoms with Gasteiger partial charge in [-0.3, -0.25) is 9.52 Å². The van der Waals surface area contributed by atoms with Crippen molar-refractivity contribution >= 4 is 44.0 Å². The number of nitrogens with one attached hydrogen (secondary N) is 2. The number of anilines is 3. The quantitative estimate of drug-likeness (QED) is 0.245. The molecule has 1 amide bonds. The first kappa shape index (κ1) is 32.7. The first-order valence-electron chi connectivity index (χ1n) is 14.2. The number of piperazine rings is 1. The number of methoxy groups -OCH3 is 1. The van der Waals surface area contributed by atoms with Gasteiger partial charge < -0.3 is 19.9 Å². The fraction of sp³-hybridized carbons (Fsp3) is 0.323. The number of alkyl halides is 3. The second-order valence-corrected chi connectivity index (χ2v) is 12.8. The summed E-state index contributed by atoms with van der Waals surface area (Å²) in [4.78, 5) is 24.8. The average Bonchev–Trinajstić information content (AvgIpc) is 3.00. The number of ether oxygens (including phenoxy) is 1. The minimum Gasteiger partial charge on any atom is -0.495 e. The number of carbonyl (C=O) groups is 1. The van der Waals surface area contributed by atoms with Crippen LogP contribution in [0.15, 0.2) is 54.6 Å². The standard InChI is InChI=1S/C31H32F4N6O4S/c1-18-15-21(23(32)17-25(18)39-46(4,43)44)19(2)36-29(42)20-9-10-24-22(16-20)28(38-30(37-24)31(33,34)35)41-13-11-40(12-14-41)26-7-5-6-8-27(26)45-3/h5-10,15-17,19,39H,11-14H2,1-4H3,(H,36,42)/t19-/m1/s1. The average molecular weight is 661 g/mol. The summed E-state index contributed by atoms with van der Waals surface area (Å²) < 4.78 is 87.3. The number of para-hydroxylation sites is 2. The largest absolute Gasteiger partial charge is 0.495 e. The first-order chi connectivity index (χ1) is 21.6. The van der Waals surface area contributed by atoms with Gasteiger partial charge in [0.15, 0.2) is 0 Å². The van der Waals surface area contributed by atoms with Crippen molar-refractivity contribution in [2.45, 2.75) is 26.1 Å². The van der Waals surface area contributed by atoms with Crippen LogP contribution in [0, 0.1) is 12.7 Å². The van der Waals surface area contributed by atoms with Crippen LogP contribution in [-0.4, -0.2) is 63.8 Å². The number of sulfonamides is 1. The highest BCUT2D eigenvalue weighted by molar-refractivity contribution is 7.92. The lowest BCUT2D eigenvalue weighted by Gasteiger charge is -2.37. The zero-order chi connectivity index (χ0) is 33.4. The van der Waals surface area contributed by atoms with Crippen LogP contribution >= 0.6 is 0 Å². The Kier molecular flexibility index (Phi) is 8.98. The lowest BCUT2D eigenvalue weighted by Crippen LogP contribution is -2.47. The number of aryl methyl sites for hydroxylation is 1. The molecule has 1 aliphatic rings. The Morgan fingerprint density at radius 3 is 2.33 bits per heavy atom. The van der Waals surface area contributed by atoms with Crippen LogP contribution in [-0.2, 0) is 16.2 Å². The van der Waals surface area contributed by atoms with Crippen molar-refractivity contribution in [1.29, 1.82) is 0 Å². The molecule has 2 N–H and O–H groups in total. The van der Waals surface area contributed by atoms with E-state index in [1.54, 1.807) is 25.9 Å². The predicted octanol–water partition coefficient (Wildman–Crippen LogP) is 5.29. The maximum absolute atomic E-state index is 15.0. The van der Waals surface area contributed by atoms with Gasteiger partial charge in [0, 0.05) is 42.7 Å². The molecule has 244 valence electrons. The number of rotatable bonds is 8. The third-order valence-corrected chi connectivity index (χ3v) is 8.24. The Hall–Kier alpha value is -4.66. The van der Waals surface area contributed by atoms with Gasteiger partial charge in [-0.15, -0.1) is 0 Å². The van der Waals surface area contributed by atoms with E-state index in [4.69, 9.17) is 4.74 Å². The zero-order valence-electron chi connectivity index (χ0n) is 25.4. The number of carbonyl (C=O) groups excluding carboxylic acids is 1.